The molecule has 12 heteroatoms. The van der Waals surface area contributed by atoms with Gasteiger partial charge in [0.2, 0.25) is 0 Å². The third-order valence-corrected chi connectivity index (χ3v) is 6.63. The second-order valence-electron chi connectivity index (χ2n) is 9.71. The number of oxime groups is 1. The van der Waals surface area contributed by atoms with Crippen molar-refractivity contribution in [3.05, 3.63) is 106 Å². The number of carbonyl (C=O) groups excluding carboxylic acids is 3. The molecule has 0 aliphatic heterocycles. The van der Waals surface area contributed by atoms with Crippen molar-refractivity contribution in [2.45, 2.75) is 39.1 Å². The lowest BCUT2D eigenvalue weighted by atomic mass is 10.1. The van der Waals surface area contributed by atoms with Gasteiger partial charge in [0.1, 0.15) is 13.7 Å². The Morgan fingerprint density at radius 3 is 1.56 bits per heavy atom. The van der Waals surface area contributed by atoms with Crippen molar-refractivity contribution in [3.63, 3.8) is 0 Å². The van der Waals surface area contributed by atoms with Crippen LogP contribution in [0.15, 0.2) is 78.0 Å². The number of benzene rings is 3. The van der Waals surface area contributed by atoms with Gasteiger partial charge in [-0.2, -0.15) is 8.42 Å². The molecule has 0 heterocycles. The summed E-state index contributed by atoms with van der Waals surface area (Å²) in [6, 6.07) is 19.3. The van der Waals surface area contributed by atoms with Crippen LogP contribution < -0.4 is 0 Å². The predicted octanol–water partition coefficient (Wildman–Crippen LogP) is 4.20. The zero-order chi connectivity index (χ0) is 31.6. The van der Waals surface area contributed by atoms with E-state index in [1.54, 1.807) is 36.4 Å². The van der Waals surface area contributed by atoms with Crippen LogP contribution in [-0.4, -0.2) is 70.8 Å². The molecule has 0 radical (unpaired) electrons. The van der Waals surface area contributed by atoms with E-state index in [2.05, 4.69) is 5.16 Å². The van der Waals surface area contributed by atoms with Crippen molar-refractivity contribution in [3.8, 4) is 0 Å². The van der Waals surface area contributed by atoms with Crippen LogP contribution in [0, 0.1) is 20.8 Å². The topological polar surface area (TPSA) is 144 Å². The van der Waals surface area contributed by atoms with Gasteiger partial charge in [0.25, 0.3) is 10.1 Å². The Hall–Kier alpha value is -4.55. The van der Waals surface area contributed by atoms with E-state index in [-0.39, 0.29) is 16.7 Å². The van der Waals surface area contributed by atoms with Crippen LogP contribution in [0.4, 0.5) is 0 Å². The third-order valence-electron chi connectivity index (χ3n) is 6.03. The van der Waals surface area contributed by atoms with E-state index in [4.69, 9.17) is 23.2 Å². The molecule has 0 saturated heterocycles. The highest BCUT2D eigenvalue weighted by atomic mass is 32.2. The highest BCUT2D eigenvalue weighted by Gasteiger charge is 2.39. The molecule has 0 aromatic heterocycles. The van der Waals surface area contributed by atoms with E-state index in [9.17, 15) is 22.8 Å². The molecule has 0 saturated carbocycles. The van der Waals surface area contributed by atoms with Gasteiger partial charge in [-0.25, -0.2) is 14.4 Å². The van der Waals surface area contributed by atoms with Crippen LogP contribution in [0.3, 0.4) is 0 Å². The number of rotatable bonds is 13. The quantitative estimate of drug-likeness (QED) is 0.0907. The Morgan fingerprint density at radius 1 is 0.721 bits per heavy atom. The summed E-state index contributed by atoms with van der Waals surface area (Å²) in [6.07, 6.45) is -3.11. The van der Waals surface area contributed by atoms with E-state index in [1.807, 2.05) is 20.8 Å². The van der Waals surface area contributed by atoms with E-state index in [0.29, 0.717) is 0 Å². The zero-order valence-corrected chi connectivity index (χ0v) is 25.2. The van der Waals surface area contributed by atoms with Crippen molar-refractivity contribution in [1.82, 2.24) is 0 Å². The molecular formula is C31H33NO10S. The molecule has 3 atom stereocenters. The molecular weight excluding hydrogens is 578 g/mol. The minimum atomic E-state index is -4.23. The number of hydrogen-bond donors (Lipinski definition) is 0. The summed E-state index contributed by atoms with van der Waals surface area (Å²) in [5, 5.41) is 3.67. The van der Waals surface area contributed by atoms with Crippen molar-refractivity contribution >= 4 is 34.2 Å². The molecule has 0 spiro atoms. The Kier molecular flexibility index (Phi) is 11.6. The predicted molar refractivity (Wildman–Crippen MR) is 157 cm³/mol. The minimum Gasteiger partial charge on any atom is -0.459 e. The SMILES string of the molecule is CO/N=C/[C@H](OC(=O)c1ccc(C)cc1)[C@@H](OC(=O)c1ccc(C)cc1)[C@H](COC(=O)c1ccc(C)cc1)OS(C)(=O)=O. The second-order valence-corrected chi connectivity index (χ2v) is 11.3. The van der Waals surface area contributed by atoms with Crippen LogP contribution in [0.5, 0.6) is 0 Å². The Bertz CT molecular complexity index is 1530. The van der Waals surface area contributed by atoms with Crippen molar-refractivity contribution in [1.29, 1.82) is 0 Å². The Morgan fingerprint density at radius 2 is 1.14 bits per heavy atom. The molecule has 11 nitrogen and oxygen atoms in total. The van der Waals surface area contributed by atoms with Gasteiger partial charge in [0, 0.05) is 0 Å². The average Bonchev–Trinajstić information content (AvgIpc) is 2.96. The zero-order valence-electron chi connectivity index (χ0n) is 24.4. The fourth-order valence-electron chi connectivity index (χ4n) is 3.75. The Balaban J connectivity index is 2.01. The molecule has 0 fully saturated rings. The van der Waals surface area contributed by atoms with Gasteiger partial charge < -0.3 is 19.0 Å². The van der Waals surface area contributed by atoms with Crippen molar-refractivity contribution in [2.75, 3.05) is 20.0 Å². The van der Waals surface area contributed by atoms with Gasteiger partial charge in [-0.3, -0.25) is 4.18 Å². The van der Waals surface area contributed by atoms with Gasteiger partial charge in [-0.1, -0.05) is 58.2 Å². The smallest absolute Gasteiger partial charge is 0.338 e. The first-order chi connectivity index (χ1) is 20.4. The standard InChI is InChI=1S/C31H33NO10S/c1-20-6-12-23(13-7-20)29(33)39-19-27(42-43(5,36)37)28(41-31(35)25-16-10-22(3)11-17-25)26(18-32-38-4)40-30(34)24-14-8-21(2)9-15-24/h6-18,26-28H,19H2,1-5H3/b32-18+/t26-,27-,28+/m0/s1. The fraction of sp³-hybridized carbons (Fsp3) is 0.290. The molecule has 0 aliphatic carbocycles. The maximum absolute atomic E-state index is 13.2. The number of carbonyl (C=O) groups is 3. The maximum atomic E-state index is 13.2. The van der Waals surface area contributed by atoms with Crippen LogP contribution in [0.1, 0.15) is 47.8 Å². The molecule has 0 aliphatic rings. The largest absolute Gasteiger partial charge is 0.459 e. The average molecular weight is 612 g/mol. The number of ether oxygens (including phenoxy) is 3. The fourth-order valence-corrected chi connectivity index (χ4v) is 4.37. The second kappa shape index (κ2) is 15.1. The third kappa shape index (κ3) is 10.3. The van der Waals surface area contributed by atoms with Gasteiger partial charge in [0.05, 0.1) is 29.2 Å². The van der Waals surface area contributed by atoms with Crippen LogP contribution in [-0.2, 0) is 33.3 Å². The lowest BCUT2D eigenvalue weighted by molar-refractivity contribution is -0.0683. The normalized spacial score (nSPS) is 13.5. The van der Waals surface area contributed by atoms with Crippen molar-refractivity contribution in [2.24, 2.45) is 5.16 Å². The molecule has 0 amide bonds. The first kappa shape index (κ1) is 33.0. The number of esters is 3. The number of nitrogens with zero attached hydrogens (tertiary/aromatic N) is 1. The lowest BCUT2D eigenvalue weighted by Gasteiger charge is -2.30. The molecule has 3 aromatic carbocycles. The summed E-state index contributed by atoms with van der Waals surface area (Å²) >= 11 is 0. The molecule has 3 aromatic rings. The number of hydrogen-bond acceptors (Lipinski definition) is 11. The molecule has 3 rings (SSSR count). The summed E-state index contributed by atoms with van der Waals surface area (Å²) in [7, 11) is -3.00. The summed E-state index contributed by atoms with van der Waals surface area (Å²) < 4.78 is 46.6. The van der Waals surface area contributed by atoms with E-state index < -0.39 is 52.9 Å². The highest BCUT2D eigenvalue weighted by Crippen LogP contribution is 2.20. The monoisotopic (exact) mass is 611 g/mol. The molecule has 228 valence electrons. The van der Waals surface area contributed by atoms with Gasteiger partial charge in [-0.05, 0) is 57.2 Å². The molecule has 43 heavy (non-hydrogen) atoms. The first-order valence-corrected chi connectivity index (χ1v) is 14.9. The van der Waals surface area contributed by atoms with Gasteiger partial charge >= 0.3 is 17.9 Å². The molecule has 0 unspecified atom stereocenters. The summed E-state index contributed by atoms with van der Waals surface area (Å²) in [5.74, 6) is -2.51. The molecule has 0 N–H and O–H groups in total. The van der Waals surface area contributed by atoms with Crippen LogP contribution >= 0.6 is 0 Å². The number of aryl methyl sites for hydroxylation is 3. The highest BCUT2D eigenvalue weighted by molar-refractivity contribution is 7.86. The van der Waals surface area contributed by atoms with Crippen molar-refractivity contribution < 1.29 is 46.0 Å². The lowest BCUT2D eigenvalue weighted by Crippen LogP contribution is -2.48. The van der Waals surface area contributed by atoms with E-state index in [1.165, 1.54) is 43.5 Å². The summed E-state index contributed by atoms with van der Waals surface area (Å²) in [4.78, 5) is 43.9. The summed E-state index contributed by atoms with van der Waals surface area (Å²) in [6.45, 7) is 4.82. The van der Waals surface area contributed by atoms with E-state index >= 15 is 0 Å². The van der Waals surface area contributed by atoms with Crippen LogP contribution in [0.25, 0.3) is 0 Å². The maximum Gasteiger partial charge on any atom is 0.338 e. The van der Waals surface area contributed by atoms with Crippen LogP contribution in [0.2, 0.25) is 0 Å². The van der Waals surface area contributed by atoms with Gasteiger partial charge in [-0.15, -0.1) is 0 Å². The van der Waals surface area contributed by atoms with Gasteiger partial charge in [0.15, 0.2) is 18.3 Å². The minimum absolute atomic E-state index is 0.123. The first-order valence-electron chi connectivity index (χ1n) is 13.1. The molecule has 0 bridgehead atoms. The Labute approximate surface area is 250 Å². The van der Waals surface area contributed by atoms with E-state index in [0.717, 1.165) is 29.2 Å². The summed E-state index contributed by atoms with van der Waals surface area (Å²) in [5.41, 5.74) is 3.17.